The minimum Gasteiger partial charge on any atom is -1.00 e. The van der Waals surface area contributed by atoms with Gasteiger partial charge < -0.3 is 36.1 Å². The van der Waals surface area contributed by atoms with Gasteiger partial charge in [-0.25, -0.2) is 15.0 Å². The number of nitrogens with zero attached hydrogens (tertiary/aromatic N) is 3. The number of hydrogen-bond donors (Lipinski definition) is 6. The smallest absolute Gasteiger partial charge is 1.00 e. The van der Waals surface area contributed by atoms with Crippen molar-refractivity contribution < 1.29 is 91.6 Å². The van der Waals surface area contributed by atoms with Gasteiger partial charge in [0, 0.05) is 17.7 Å². The van der Waals surface area contributed by atoms with Gasteiger partial charge in [-0.05, 0) is 48.5 Å². The minimum atomic E-state index is -4.43. The van der Waals surface area contributed by atoms with E-state index >= 15 is 0 Å². The molecule has 0 saturated carbocycles. The van der Waals surface area contributed by atoms with Crippen molar-refractivity contribution in [1.29, 1.82) is 0 Å². The largest absolute Gasteiger partial charge is 1.00 e. The molecule has 0 spiro atoms. The average molecular weight is 704 g/mol. The summed E-state index contributed by atoms with van der Waals surface area (Å²) in [4.78, 5) is 13.4. The first-order chi connectivity index (χ1) is 21.6. The second kappa shape index (κ2) is 16.0. The summed E-state index contributed by atoms with van der Waals surface area (Å²) >= 11 is 0. The molecule has 1 heterocycles. The number of hydrogen-bond acceptors (Lipinski definition) is 14. The maximum Gasteiger partial charge on any atom is 1.00 e. The molecule has 19 heteroatoms. The van der Waals surface area contributed by atoms with E-state index in [1.54, 1.807) is 24.3 Å². The van der Waals surface area contributed by atoms with Gasteiger partial charge >= 0.3 is 29.6 Å². The first kappa shape index (κ1) is 37.9. The Morgan fingerprint density at radius 2 is 1.04 bits per heavy atom. The number of phenols is 2. The average Bonchev–Trinajstić information content (AvgIpc) is 2.97. The number of ether oxygens (including phenoxy) is 3. The molecule has 6 N–H and O–H groups in total. The van der Waals surface area contributed by atoms with Crippen molar-refractivity contribution in [1.82, 2.24) is 15.0 Å². The summed E-state index contributed by atoms with van der Waals surface area (Å²) in [6.45, 7) is -0.983. The van der Waals surface area contributed by atoms with Crippen LogP contribution in [0.25, 0.3) is 34.2 Å². The molecule has 0 fully saturated rings. The summed E-state index contributed by atoms with van der Waals surface area (Å²) in [6, 6.07) is 14.7. The molecule has 2 unspecified atom stereocenters. The van der Waals surface area contributed by atoms with Crippen molar-refractivity contribution in [2.75, 3.05) is 31.8 Å². The molecule has 0 aliphatic rings. The topological polar surface area (TPSA) is 256 Å². The van der Waals surface area contributed by atoms with E-state index in [-0.39, 0.29) is 82.6 Å². The fraction of sp³-hybridized carbons (Fsp3) is 0.250. The van der Waals surface area contributed by atoms with Crippen molar-refractivity contribution >= 4 is 20.2 Å². The summed E-state index contributed by atoms with van der Waals surface area (Å²) < 4.78 is 77.4. The van der Waals surface area contributed by atoms with Crippen LogP contribution in [-0.4, -0.2) is 105 Å². The third-order valence-corrected chi connectivity index (χ3v) is 7.71. The number of aromatic hydroxyl groups is 2. The van der Waals surface area contributed by atoms with Crippen molar-refractivity contribution in [3.05, 3.63) is 60.7 Å². The molecule has 248 valence electrons. The molecule has 47 heavy (non-hydrogen) atoms. The molecular weight excluding hydrogens is 673 g/mol. The molecule has 0 radical (unpaired) electrons. The zero-order chi connectivity index (χ0) is 33.6. The van der Waals surface area contributed by atoms with Crippen molar-refractivity contribution in [3.63, 3.8) is 0 Å². The van der Waals surface area contributed by atoms with Crippen LogP contribution in [0.15, 0.2) is 60.7 Å². The van der Waals surface area contributed by atoms with Gasteiger partial charge in [-0.3, -0.25) is 9.11 Å². The quantitative estimate of drug-likeness (QED) is 0.0656. The standard InChI is InChI=1S/C28H29N3O13S2.Na.H/c1-42-19-4-2-16(3-5-19)26-29-27(22-8-6-20(10-24(22)34)43-12-17(32)14-45(36,37)38)31-28(30-26)23-9-7-21(11-25(23)35)44-13-18(33)15-46(39,40)41;;/h2-11,17-18,32-35H,12-15H2,1H3,(H,36,37,38)(H,39,40,41);;/q;+1;-1. The summed E-state index contributed by atoms with van der Waals surface area (Å²) in [5.41, 5.74) is 0.776. The van der Waals surface area contributed by atoms with Gasteiger partial charge in [0.25, 0.3) is 20.2 Å². The fourth-order valence-electron chi connectivity index (χ4n) is 4.03. The number of aromatic nitrogens is 3. The Bertz CT molecular complexity index is 1810. The predicted molar refractivity (Wildman–Crippen MR) is 163 cm³/mol. The molecular formula is C28H30N3NaO13S2. The summed E-state index contributed by atoms with van der Waals surface area (Å²) in [7, 11) is -7.35. The SMILES string of the molecule is COc1ccc(-c2nc(-c3ccc(OCC(O)CS(=O)(=O)O)cc3O)nc(-c3ccc(OCC(O)CS(=O)(=O)O)cc3O)n2)cc1.[H-].[Na+]. The monoisotopic (exact) mass is 703 g/mol. The molecule has 4 aromatic rings. The Balaban J connectivity index is 0.00000400. The van der Waals surface area contributed by atoms with E-state index in [0.29, 0.717) is 11.3 Å². The van der Waals surface area contributed by atoms with Gasteiger partial charge in [0.2, 0.25) is 0 Å². The van der Waals surface area contributed by atoms with E-state index in [1.807, 2.05) is 0 Å². The first-order valence-electron chi connectivity index (χ1n) is 13.2. The van der Waals surface area contributed by atoms with Crippen LogP contribution in [0.3, 0.4) is 0 Å². The second-order valence-corrected chi connectivity index (χ2v) is 12.8. The zero-order valence-electron chi connectivity index (χ0n) is 26.0. The molecule has 2 atom stereocenters. The maximum absolute atomic E-state index is 11.0. The van der Waals surface area contributed by atoms with Gasteiger partial charge in [0.1, 0.15) is 65.7 Å². The molecule has 3 aromatic carbocycles. The van der Waals surface area contributed by atoms with Crippen LogP contribution in [0, 0.1) is 0 Å². The zero-order valence-corrected chi connectivity index (χ0v) is 28.6. The molecule has 16 nitrogen and oxygen atoms in total. The van der Waals surface area contributed by atoms with Crippen LogP contribution < -0.4 is 43.8 Å². The maximum atomic E-state index is 11.0. The Hall–Kier alpha value is -3.59. The Morgan fingerprint density at radius 1 is 0.660 bits per heavy atom. The van der Waals surface area contributed by atoms with E-state index < -0.39 is 57.2 Å². The van der Waals surface area contributed by atoms with Crippen LogP contribution in [0.5, 0.6) is 28.7 Å². The third-order valence-electron chi connectivity index (χ3n) is 6.09. The van der Waals surface area contributed by atoms with Crippen LogP contribution >= 0.6 is 0 Å². The van der Waals surface area contributed by atoms with E-state index in [2.05, 4.69) is 15.0 Å². The molecule has 1 aromatic heterocycles. The van der Waals surface area contributed by atoms with Gasteiger partial charge in [-0.1, -0.05) is 0 Å². The van der Waals surface area contributed by atoms with Gasteiger partial charge in [0.15, 0.2) is 17.5 Å². The number of rotatable bonds is 14. The fourth-order valence-corrected chi connectivity index (χ4v) is 5.20. The van der Waals surface area contributed by atoms with Crippen LogP contribution in [-0.2, 0) is 20.2 Å². The van der Waals surface area contributed by atoms with E-state index in [0.717, 1.165) is 0 Å². The Labute approximate surface area is 292 Å². The van der Waals surface area contributed by atoms with Gasteiger partial charge in [0.05, 0.1) is 18.2 Å². The summed E-state index contributed by atoms with van der Waals surface area (Å²) in [6.07, 6.45) is -3.05. The molecule has 0 aliphatic carbocycles. The van der Waals surface area contributed by atoms with E-state index in [4.69, 9.17) is 23.3 Å². The van der Waals surface area contributed by atoms with Crippen molar-refractivity contribution in [3.8, 4) is 62.9 Å². The second-order valence-electron chi connectivity index (χ2n) is 9.82. The van der Waals surface area contributed by atoms with Gasteiger partial charge in [-0.2, -0.15) is 16.8 Å². The molecule has 0 amide bonds. The number of phenolic OH excluding ortho intramolecular Hbond substituents is 2. The van der Waals surface area contributed by atoms with Crippen molar-refractivity contribution in [2.45, 2.75) is 12.2 Å². The first-order valence-corrected chi connectivity index (χ1v) is 16.4. The van der Waals surface area contributed by atoms with Crippen LogP contribution in [0.4, 0.5) is 0 Å². The summed E-state index contributed by atoms with van der Waals surface area (Å²) in [5.74, 6) is -1.74. The Kier molecular flexibility index (Phi) is 12.9. The number of aliphatic hydroxyl groups is 2. The van der Waals surface area contributed by atoms with Gasteiger partial charge in [-0.15, -0.1) is 0 Å². The normalized spacial score (nSPS) is 12.9. The van der Waals surface area contributed by atoms with Crippen LogP contribution in [0.2, 0.25) is 0 Å². The summed E-state index contributed by atoms with van der Waals surface area (Å²) in [5, 5.41) is 41.2. The third kappa shape index (κ3) is 11.3. The predicted octanol–water partition coefficient (Wildman–Crippen LogP) is -1.34. The molecule has 0 bridgehead atoms. The van der Waals surface area contributed by atoms with E-state index in [1.165, 1.54) is 43.5 Å². The molecule has 0 saturated heterocycles. The molecule has 4 rings (SSSR count). The number of benzene rings is 3. The van der Waals surface area contributed by atoms with Crippen LogP contribution in [0.1, 0.15) is 1.43 Å². The molecule has 0 aliphatic heterocycles. The number of methoxy groups -OCH3 is 1. The number of aliphatic hydroxyl groups excluding tert-OH is 2. The Morgan fingerprint density at radius 3 is 1.40 bits per heavy atom. The minimum absolute atomic E-state index is 0. The van der Waals surface area contributed by atoms with E-state index in [9.17, 15) is 37.3 Å². The van der Waals surface area contributed by atoms with Crippen molar-refractivity contribution in [2.24, 2.45) is 0 Å².